The maximum atomic E-state index is 12.9. The lowest BCUT2D eigenvalue weighted by atomic mass is 9.97. The minimum atomic E-state index is -0.0480. The molecule has 7 heteroatoms. The lowest BCUT2D eigenvalue weighted by Gasteiger charge is -2.32. The van der Waals surface area contributed by atoms with Gasteiger partial charge in [0.1, 0.15) is 11.2 Å². The molecule has 0 N–H and O–H groups in total. The van der Waals surface area contributed by atoms with Crippen molar-refractivity contribution in [2.75, 3.05) is 6.54 Å². The number of likely N-dealkylation sites (tertiary alicyclic amines) is 1. The van der Waals surface area contributed by atoms with Gasteiger partial charge in [-0.2, -0.15) is 0 Å². The fourth-order valence-electron chi connectivity index (χ4n) is 4.17. The lowest BCUT2D eigenvalue weighted by Crippen LogP contribution is -2.42. The predicted octanol–water partition coefficient (Wildman–Crippen LogP) is 3.23. The molecule has 0 radical (unpaired) electrons. The van der Waals surface area contributed by atoms with E-state index in [1.54, 1.807) is 22.2 Å². The quantitative estimate of drug-likeness (QED) is 0.672. The topological polar surface area (TPSA) is 63.4 Å². The number of thiophene rings is 1. The predicted molar refractivity (Wildman–Crippen MR) is 97.2 cm³/mol. The smallest absolute Gasteiger partial charge is 0.293 e. The Balaban J connectivity index is 1.62. The van der Waals surface area contributed by atoms with Crippen molar-refractivity contribution in [1.29, 1.82) is 0 Å². The van der Waals surface area contributed by atoms with E-state index < -0.39 is 0 Å². The van der Waals surface area contributed by atoms with E-state index in [4.69, 9.17) is 0 Å². The summed E-state index contributed by atoms with van der Waals surface area (Å²) in [4.78, 5) is 26.5. The number of piperidine rings is 1. The number of carbonyl (C=O) groups excluding carboxylic acids is 1. The molecule has 5 rings (SSSR count). The summed E-state index contributed by atoms with van der Waals surface area (Å²) >= 11 is 1.77. The van der Waals surface area contributed by atoms with Crippen LogP contribution in [0.25, 0.3) is 15.9 Å². The highest BCUT2D eigenvalue weighted by Gasteiger charge is 2.28. The van der Waals surface area contributed by atoms with Crippen LogP contribution >= 0.6 is 11.3 Å². The zero-order valence-electron chi connectivity index (χ0n) is 14.4. The van der Waals surface area contributed by atoms with E-state index in [0.29, 0.717) is 5.82 Å². The van der Waals surface area contributed by atoms with Gasteiger partial charge in [0, 0.05) is 17.5 Å². The van der Waals surface area contributed by atoms with E-state index in [1.165, 1.54) is 29.7 Å². The Labute approximate surface area is 149 Å². The molecule has 1 aliphatic heterocycles. The second-order valence-corrected chi connectivity index (χ2v) is 8.27. The average Bonchev–Trinajstić information content (AvgIpc) is 3.22. The molecule has 130 valence electrons. The number of fused-ring (bicyclic) bond motifs is 5. The molecule has 0 saturated carbocycles. The van der Waals surface area contributed by atoms with Crippen LogP contribution in [0.3, 0.4) is 0 Å². The summed E-state index contributed by atoms with van der Waals surface area (Å²) in [5.74, 6) is 0.256. The van der Waals surface area contributed by atoms with Crippen LogP contribution in [0, 0.1) is 0 Å². The van der Waals surface area contributed by atoms with E-state index in [2.05, 4.69) is 22.0 Å². The minimum absolute atomic E-state index is 0.0480. The number of aromatic nitrogens is 4. The number of nitrogens with zero attached hydrogens (tertiary/aromatic N) is 5. The SMILES string of the molecule is CC1CCCCN1C(=O)c1nc2c3c4c(sc3ncn2n1)CCCC4. The number of amides is 1. The first-order chi connectivity index (χ1) is 12.2. The third kappa shape index (κ3) is 2.36. The zero-order chi connectivity index (χ0) is 17.0. The molecule has 0 bridgehead atoms. The maximum absolute atomic E-state index is 12.9. The Morgan fingerprint density at radius 3 is 3.00 bits per heavy atom. The fraction of sp³-hybridized carbons (Fsp3) is 0.556. The Hall–Kier alpha value is -2.02. The molecule has 1 fully saturated rings. The molecule has 0 aromatic carbocycles. The van der Waals surface area contributed by atoms with Gasteiger partial charge in [-0.25, -0.2) is 14.5 Å². The van der Waals surface area contributed by atoms with Crippen molar-refractivity contribution in [2.24, 2.45) is 0 Å². The lowest BCUT2D eigenvalue weighted by molar-refractivity contribution is 0.0623. The first-order valence-corrected chi connectivity index (χ1v) is 10.0. The summed E-state index contributed by atoms with van der Waals surface area (Å²) in [5, 5.41) is 5.57. The van der Waals surface area contributed by atoms with E-state index in [9.17, 15) is 4.79 Å². The highest BCUT2D eigenvalue weighted by Crippen LogP contribution is 2.36. The van der Waals surface area contributed by atoms with Gasteiger partial charge in [0.25, 0.3) is 5.91 Å². The van der Waals surface area contributed by atoms with E-state index in [1.807, 2.05) is 4.90 Å². The molecular weight excluding hydrogens is 334 g/mol. The van der Waals surface area contributed by atoms with Crippen LogP contribution in [0.4, 0.5) is 0 Å². The van der Waals surface area contributed by atoms with Crippen molar-refractivity contribution >= 4 is 33.1 Å². The van der Waals surface area contributed by atoms with Crippen molar-refractivity contribution in [3.8, 4) is 0 Å². The van der Waals surface area contributed by atoms with Crippen LogP contribution in [0.2, 0.25) is 0 Å². The summed E-state index contributed by atoms with van der Waals surface area (Å²) in [6, 6.07) is 0.264. The van der Waals surface area contributed by atoms with Crippen molar-refractivity contribution in [1.82, 2.24) is 24.5 Å². The fourth-order valence-corrected chi connectivity index (χ4v) is 5.40. The summed E-state index contributed by atoms with van der Waals surface area (Å²) in [6.45, 7) is 2.92. The molecule has 1 amide bonds. The molecule has 2 aliphatic rings. The van der Waals surface area contributed by atoms with Gasteiger partial charge in [-0.15, -0.1) is 16.4 Å². The molecule has 25 heavy (non-hydrogen) atoms. The molecule has 1 aliphatic carbocycles. The minimum Gasteiger partial charge on any atom is -0.333 e. The van der Waals surface area contributed by atoms with Crippen molar-refractivity contribution in [3.05, 3.63) is 22.6 Å². The third-order valence-corrected chi connectivity index (χ3v) is 6.75. The molecular formula is C18H21N5OS. The molecule has 0 spiro atoms. The van der Waals surface area contributed by atoms with Crippen LogP contribution in [0.5, 0.6) is 0 Å². The van der Waals surface area contributed by atoms with Gasteiger partial charge in [-0.1, -0.05) is 0 Å². The highest BCUT2D eigenvalue weighted by atomic mass is 32.1. The number of hydrogen-bond acceptors (Lipinski definition) is 5. The van der Waals surface area contributed by atoms with E-state index >= 15 is 0 Å². The van der Waals surface area contributed by atoms with Gasteiger partial charge < -0.3 is 4.90 Å². The van der Waals surface area contributed by atoms with E-state index in [0.717, 1.165) is 48.1 Å². The van der Waals surface area contributed by atoms with E-state index in [-0.39, 0.29) is 11.9 Å². The summed E-state index contributed by atoms with van der Waals surface area (Å²) < 4.78 is 1.69. The van der Waals surface area contributed by atoms with Crippen molar-refractivity contribution in [3.63, 3.8) is 0 Å². The summed E-state index contributed by atoms with van der Waals surface area (Å²) in [6.07, 6.45) is 9.68. The van der Waals surface area contributed by atoms with Gasteiger partial charge in [0.05, 0.1) is 5.39 Å². The molecule has 3 aromatic rings. The molecule has 1 atom stereocenters. The normalized spacial score (nSPS) is 21.0. The largest absolute Gasteiger partial charge is 0.333 e. The monoisotopic (exact) mass is 355 g/mol. The standard InChI is InChI=1S/C18H21N5OS/c1-11-6-4-5-9-22(11)18(24)15-20-16-14-12-7-2-3-8-13(12)25-17(14)19-10-23(16)21-15/h10-11H,2-9H2,1H3. The summed E-state index contributed by atoms with van der Waals surface area (Å²) in [5.41, 5.74) is 2.17. The summed E-state index contributed by atoms with van der Waals surface area (Å²) in [7, 11) is 0. The van der Waals surface area contributed by atoms with Crippen LogP contribution < -0.4 is 0 Å². The molecule has 1 unspecified atom stereocenters. The van der Waals surface area contributed by atoms with Gasteiger partial charge in [-0.3, -0.25) is 4.79 Å². The van der Waals surface area contributed by atoms with Crippen molar-refractivity contribution < 1.29 is 4.79 Å². The van der Waals surface area contributed by atoms with Gasteiger partial charge in [0.15, 0.2) is 5.65 Å². The van der Waals surface area contributed by atoms with Crippen LogP contribution in [-0.2, 0) is 12.8 Å². The Morgan fingerprint density at radius 1 is 1.24 bits per heavy atom. The molecule has 4 heterocycles. The van der Waals surface area contributed by atoms with Crippen LogP contribution in [0.15, 0.2) is 6.33 Å². The van der Waals surface area contributed by atoms with Gasteiger partial charge >= 0.3 is 0 Å². The van der Waals surface area contributed by atoms with Crippen molar-refractivity contribution in [2.45, 2.75) is 57.9 Å². The van der Waals surface area contributed by atoms with Gasteiger partial charge in [-0.05, 0) is 57.4 Å². The average molecular weight is 355 g/mol. The Bertz CT molecular complexity index is 975. The Morgan fingerprint density at radius 2 is 2.12 bits per heavy atom. The second-order valence-electron chi connectivity index (χ2n) is 7.18. The number of rotatable bonds is 1. The number of carbonyl (C=O) groups is 1. The third-order valence-electron chi connectivity index (χ3n) is 5.55. The zero-order valence-corrected chi connectivity index (χ0v) is 15.2. The number of aryl methyl sites for hydroxylation is 2. The van der Waals surface area contributed by atoms with Crippen LogP contribution in [0.1, 0.15) is 60.1 Å². The Kier molecular flexibility index (Phi) is 3.51. The molecule has 1 saturated heterocycles. The first-order valence-electron chi connectivity index (χ1n) is 9.19. The first kappa shape index (κ1) is 15.3. The highest BCUT2D eigenvalue weighted by molar-refractivity contribution is 7.19. The number of hydrogen-bond donors (Lipinski definition) is 0. The molecule has 3 aromatic heterocycles. The van der Waals surface area contributed by atoms with Crippen LogP contribution in [-0.4, -0.2) is 43.0 Å². The maximum Gasteiger partial charge on any atom is 0.293 e. The van der Waals surface area contributed by atoms with Gasteiger partial charge in [0.2, 0.25) is 5.82 Å². The molecule has 6 nitrogen and oxygen atoms in total. The second kappa shape index (κ2) is 5.76.